The maximum absolute atomic E-state index is 13.1. The highest BCUT2D eigenvalue weighted by atomic mass is 79.9. The van der Waals surface area contributed by atoms with Crippen molar-refractivity contribution in [3.8, 4) is 0 Å². The van der Waals surface area contributed by atoms with Gasteiger partial charge in [0.25, 0.3) is 15.9 Å². The molecule has 2 aromatic rings. The number of likely N-dealkylation sites (tertiary alicyclic amines) is 1. The number of sulfonamides is 1. The van der Waals surface area contributed by atoms with Crippen LogP contribution in [0.2, 0.25) is 0 Å². The zero-order chi connectivity index (χ0) is 20.3. The van der Waals surface area contributed by atoms with Gasteiger partial charge in [-0.3, -0.25) is 9.52 Å². The summed E-state index contributed by atoms with van der Waals surface area (Å²) >= 11 is 4.79. The lowest BCUT2D eigenvalue weighted by Gasteiger charge is -2.30. The molecule has 28 heavy (non-hydrogen) atoms. The summed E-state index contributed by atoms with van der Waals surface area (Å²) < 4.78 is 29.0. The lowest BCUT2D eigenvalue weighted by molar-refractivity contribution is 0.0693. The number of nitrogens with zero attached hydrogens (tertiary/aromatic N) is 1. The average Bonchev–Trinajstić information content (AvgIpc) is 2.69. The van der Waals surface area contributed by atoms with E-state index in [-0.39, 0.29) is 10.8 Å². The molecule has 1 fully saturated rings. The molecule has 1 saturated heterocycles. The quantitative estimate of drug-likeness (QED) is 0.618. The lowest BCUT2D eigenvalue weighted by atomic mass is 9.98. The molecule has 150 valence electrons. The van der Waals surface area contributed by atoms with Crippen molar-refractivity contribution in [2.24, 2.45) is 5.92 Å². The van der Waals surface area contributed by atoms with Gasteiger partial charge in [-0.1, -0.05) is 19.1 Å². The minimum absolute atomic E-state index is 0.0785. The molecule has 2 aromatic carbocycles. The smallest absolute Gasteiger partial charge is 0.261 e. The number of hydrogen-bond acceptors (Lipinski definition) is 4. The van der Waals surface area contributed by atoms with Crippen LogP contribution in [-0.4, -0.2) is 38.6 Å². The Morgan fingerprint density at radius 1 is 1.18 bits per heavy atom. The Hall–Kier alpha value is -1.51. The summed E-state index contributed by atoms with van der Waals surface area (Å²) in [6.45, 7) is 3.61. The number of benzene rings is 2. The third kappa shape index (κ3) is 4.72. The number of anilines is 1. The van der Waals surface area contributed by atoms with E-state index >= 15 is 0 Å². The molecule has 0 atom stereocenters. The highest BCUT2D eigenvalue weighted by Gasteiger charge is 2.25. The standard InChI is InChI=1S/C20H23BrN2O3S2/c1-14-9-11-23(12-10-14)20(24)16-13-15(7-8-19(16)27-2)28(25,26)22-18-6-4-3-5-17(18)21/h3-8,13-14,22H,9-12H2,1-2H3. The molecule has 0 unspecified atom stereocenters. The van der Waals surface area contributed by atoms with Crippen molar-refractivity contribution in [3.05, 3.63) is 52.5 Å². The molecule has 0 aromatic heterocycles. The van der Waals surface area contributed by atoms with Crippen LogP contribution in [0.25, 0.3) is 0 Å². The molecule has 3 rings (SSSR count). The van der Waals surface area contributed by atoms with Crippen molar-refractivity contribution in [2.45, 2.75) is 29.6 Å². The van der Waals surface area contributed by atoms with E-state index in [0.717, 1.165) is 17.7 Å². The highest BCUT2D eigenvalue weighted by molar-refractivity contribution is 9.10. The fourth-order valence-corrected chi connectivity index (χ4v) is 5.34. The van der Waals surface area contributed by atoms with Gasteiger partial charge in [0.05, 0.1) is 16.1 Å². The predicted octanol–water partition coefficient (Wildman–Crippen LogP) is 4.84. The summed E-state index contributed by atoms with van der Waals surface area (Å²) in [6.07, 6.45) is 3.84. The fourth-order valence-electron chi connectivity index (χ4n) is 3.15. The van der Waals surface area contributed by atoms with Crippen LogP contribution in [0.15, 0.2) is 56.7 Å². The van der Waals surface area contributed by atoms with Crippen LogP contribution in [0.3, 0.4) is 0 Å². The van der Waals surface area contributed by atoms with Crippen LogP contribution in [0.5, 0.6) is 0 Å². The van der Waals surface area contributed by atoms with E-state index in [1.807, 2.05) is 17.2 Å². The van der Waals surface area contributed by atoms with Gasteiger partial charge in [-0.2, -0.15) is 0 Å². The molecule has 0 radical (unpaired) electrons. The summed E-state index contributed by atoms with van der Waals surface area (Å²) in [4.78, 5) is 15.8. The van der Waals surface area contributed by atoms with E-state index in [1.165, 1.54) is 17.8 Å². The molecule has 1 aliphatic heterocycles. The van der Waals surface area contributed by atoms with Gasteiger partial charge in [0, 0.05) is 22.5 Å². The first-order valence-electron chi connectivity index (χ1n) is 9.06. The van der Waals surface area contributed by atoms with Gasteiger partial charge in [-0.15, -0.1) is 11.8 Å². The summed E-state index contributed by atoms with van der Waals surface area (Å²) in [5, 5.41) is 0. The Bertz CT molecular complexity index is 971. The van der Waals surface area contributed by atoms with Crippen LogP contribution in [-0.2, 0) is 10.0 Å². The molecule has 0 aliphatic carbocycles. The SMILES string of the molecule is CSc1ccc(S(=O)(=O)Nc2ccccc2Br)cc1C(=O)N1CCC(C)CC1. The summed E-state index contributed by atoms with van der Waals surface area (Å²) in [5.74, 6) is 0.512. The third-order valence-electron chi connectivity index (χ3n) is 4.90. The highest BCUT2D eigenvalue weighted by Crippen LogP contribution is 2.29. The Morgan fingerprint density at radius 2 is 1.86 bits per heavy atom. The van der Waals surface area contributed by atoms with E-state index in [2.05, 4.69) is 27.6 Å². The second-order valence-electron chi connectivity index (χ2n) is 6.92. The number of amides is 1. The normalized spacial score (nSPS) is 15.5. The van der Waals surface area contributed by atoms with Crippen LogP contribution >= 0.6 is 27.7 Å². The lowest BCUT2D eigenvalue weighted by Crippen LogP contribution is -2.38. The molecule has 8 heteroatoms. The number of halogens is 1. The van der Waals surface area contributed by atoms with Crippen molar-refractivity contribution < 1.29 is 13.2 Å². The van der Waals surface area contributed by atoms with Crippen molar-refractivity contribution >= 4 is 49.3 Å². The first-order chi connectivity index (χ1) is 13.3. The Kier molecular flexibility index (Phi) is 6.73. The van der Waals surface area contributed by atoms with Gasteiger partial charge in [0.2, 0.25) is 0 Å². The molecule has 1 N–H and O–H groups in total. The molecule has 1 aliphatic rings. The zero-order valence-electron chi connectivity index (χ0n) is 15.8. The number of nitrogens with one attached hydrogen (secondary N) is 1. The molecular formula is C20H23BrN2O3S2. The van der Waals surface area contributed by atoms with Gasteiger partial charge in [-0.05, 0) is 71.3 Å². The number of para-hydroxylation sites is 1. The van der Waals surface area contributed by atoms with Crippen LogP contribution in [0, 0.1) is 5.92 Å². The minimum Gasteiger partial charge on any atom is -0.339 e. The topological polar surface area (TPSA) is 66.5 Å². The maximum Gasteiger partial charge on any atom is 0.261 e. The number of carbonyl (C=O) groups is 1. The molecule has 0 spiro atoms. The molecule has 5 nitrogen and oxygen atoms in total. The summed E-state index contributed by atoms with van der Waals surface area (Å²) in [7, 11) is -3.82. The molecule has 0 bridgehead atoms. The first kappa shape index (κ1) is 21.2. The van der Waals surface area contributed by atoms with Crippen molar-refractivity contribution in [1.29, 1.82) is 0 Å². The Labute approximate surface area is 179 Å². The second-order valence-corrected chi connectivity index (χ2v) is 10.3. The Morgan fingerprint density at radius 3 is 2.50 bits per heavy atom. The second kappa shape index (κ2) is 8.88. The van der Waals surface area contributed by atoms with Crippen molar-refractivity contribution in [2.75, 3.05) is 24.1 Å². The van der Waals surface area contributed by atoms with E-state index in [4.69, 9.17) is 0 Å². The Balaban J connectivity index is 1.92. The largest absolute Gasteiger partial charge is 0.339 e. The first-order valence-corrected chi connectivity index (χ1v) is 12.6. The maximum atomic E-state index is 13.1. The monoisotopic (exact) mass is 482 g/mol. The van der Waals surface area contributed by atoms with Crippen molar-refractivity contribution in [3.63, 3.8) is 0 Å². The van der Waals surface area contributed by atoms with Crippen LogP contribution in [0.1, 0.15) is 30.1 Å². The van der Waals surface area contributed by atoms with E-state index in [9.17, 15) is 13.2 Å². The van der Waals surface area contributed by atoms with Gasteiger partial charge < -0.3 is 4.90 Å². The van der Waals surface area contributed by atoms with Gasteiger partial charge >= 0.3 is 0 Å². The van der Waals surface area contributed by atoms with E-state index < -0.39 is 10.0 Å². The van der Waals surface area contributed by atoms with Crippen LogP contribution < -0.4 is 4.72 Å². The van der Waals surface area contributed by atoms with Crippen LogP contribution in [0.4, 0.5) is 5.69 Å². The van der Waals surface area contributed by atoms with Gasteiger partial charge in [-0.25, -0.2) is 8.42 Å². The number of hydrogen-bond donors (Lipinski definition) is 1. The molecule has 1 amide bonds. The minimum atomic E-state index is -3.82. The average molecular weight is 483 g/mol. The molecule has 0 saturated carbocycles. The number of rotatable bonds is 5. The number of thioether (sulfide) groups is 1. The van der Waals surface area contributed by atoms with Crippen molar-refractivity contribution in [1.82, 2.24) is 4.90 Å². The number of piperidine rings is 1. The fraction of sp³-hybridized carbons (Fsp3) is 0.350. The predicted molar refractivity (Wildman–Crippen MR) is 117 cm³/mol. The van der Waals surface area contributed by atoms with Gasteiger partial charge in [0.1, 0.15) is 0 Å². The summed E-state index contributed by atoms with van der Waals surface area (Å²) in [5.41, 5.74) is 0.895. The zero-order valence-corrected chi connectivity index (χ0v) is 19.0. The third-order valence-corrected chi connectivity index (χ3v) is 7.75. The van der Waals surface area contributed by atoms with E-state index in [0.29, 0.717) is 34.7 Å². The van der Waals surface area contributed by atoms with E-state index in [1.54, 1.807) is 30.3 Å². The molecule has 1 heterocycles. The molecular weight excluding hydrogens is 460 g/mol. The summed E-state index contributed by atoms with van der Waals surface area (Å²) in [6, 6.07) is 11.8. The number of carbonyl (C=O) groups excluding carboxylic acids is 1. The van der Waals surface area contributed by atoms with Gasteiger partial charge in [0.15, 0.2) is 0 Å².